The van der Waals surface area contributed by atoms with Crippen molar-refractivity contribution in [1.82, 2.24) is 0 Å². The van der Waals surface area contributed by atoms with Crippen LogP contribution < -0.4 is 0 Å². The molecule has 0 radical (unpaired) electrons. The molecule has 4 nitrogen and oxygen atoms in total. The van der Waals surface area contributed by atoms with E-state index in [9.17, 15) is 20.1 Å². The highest BCUT2D eigenvalue weighted by Crippen LogP contribution is 2.48. The van der Waals surface area contributed by atoms with Crippen molar-refractivity contribution in [3.05, 3.63) is 59.2 Å². The van der Waals surface area contributed by atoms with Crippen LogP contribution in [0.25, 0.3) is 0 Å². The van der Waals surface area contributed by atoms with Gasteiger partial charge in [-0.3, -0.25) is 0 Å². The van der Waals surface area contributed by atoms with E-state index >= 15 is 0 Å². The van der Waals surface area contributed by atoms with E-state index in [1.165, 1.54) is 5.57 Å². The van der Waals surface area contributed by atoms with Crippen molar-refractivity contribution in [3.8, 4) is 0 Å². The monoisotopic (exact) mass is 426 g/mol. The summed E-state index contributed by atoms with van der Waals surface area (Å²) < 4.78 is 0. The number of carbonyl (C=O) groups is 1. The minimum absolute atomic E-state index is 0.141. The Balaban J connectivity index is 1.44. The Morgan fingerprint density at radius 3 is 2.71 bits per heavy atom. The molecule has 3 rings (SSSR count). The highest BCUT2D eigenvalue weighted by atomic mass is 16.4. The lowest BCUT2D eigenvalue weighted by Crippen LogP contribution is -2.18. The van der Waals surface area contributed by atoms with E-state index in [1.807, 2.05) is 18.2 Å². The number of aryl methyl sites for hydroxylation is 1. The number of aliphatic hydroxyl groups is 2. The molecule has 1 saturated carbocycles. The lowest BCUT2D eigenvalue weighted by molar-refractivity contribution is 0.0695. The number of rotatable bonds is 12. The third-order valence-corrected chi connectivity index (χ3v) is 7.05. The molecule has 0 aliphatic heterocycles. The maximum atomic E-state index is 11.3. The molecule has 2 aliphatic carbocycles. The third-order valence-electron chi connectivity index (χ3n) is 7.05. The van der Waals surface area contributed by atoms with Crippen LogP contribution in [0.15, 0.2) is 48.1 Å². The Hall–Kier alpha value is -1.91. The van der Waals surface area contributed by atoms with Crippen LogP contribution in [0.1, 0.15) is 80.6 Å². The van der Waals surface area contributed by atoms with E-state index in [0.717, 1.165) is 69.8 Å². The van der Waals surface area contributed by atoms with Crippen LogP contribution in [0.4, 0.5) is 0 Å². The van der Waals surface area contributed by atoms with Gasteiger partial charge in [0.25, 0.3) is 0 Å². The zero-order valence-electron chi connectivity index (χ0n) is 18.7. The van der Waals surface area contributed by atoms with E-state index in [-0.39, 0.29) is 12.0 Å². The second-order valence-corrected chi connectivity index (χ2v) is 9.35. The maximum absolute atomic E-state index is 11.3. The molecular formula is C27H38O4. The van der Waals surface area contributed by atoms with Crippen molar-refractivity contribution < 1.29 is 20.1 Å². The maximum Gasteiger partial charge on any atom is 0.335 e. The van der Waals surface area contributed by atoms with Crippen molar-refractivity contribution in [2.24, 2.45) is 17.8 Å². The van der Waals surface area contributed by atoms with Gasteiger partial charge in [-0.15, -0.1) is 0 Å². The van der Waals surface area contributed by atoms with Gasteiger partial charge in [0.05, 0.1) is 17.8 Å². The second-order valence-electron chi connectivity index (χ2n) is 9.35. The number of carboxylic acids is 1. The number of allylic oxidation sites excluding steroid dienone is 2. The molecule has 0 spiro atoms. The van der Waals surface area contributed by atoms with E-state index in [1.54, 1.807) is 12.1 Å². The first kappa shape index (κ1) is 23.7. The Labute approximate surface area is 186 Å². The summed E-state index contributed by atoms with van der Waals surface area (Å²) in [5.41, 5.74) is 2.81. The van der Waals surface area contributed by atoms with Gasteiger partial charge in [-0.05, 0) is 68.4 Å². The van der Waals surface area contributed by atoms with Gasteiger partial charge in [-0.2, -0.15) is 0 Å². The van der Waals surface area contributed by atoms with Crippen LogP contribution in [0.3, 0.4) is 0 Å². The summed E-state index contributed by atoms with van der Waals surface area (Å²) in [6, 6.07) is 7.27. The van der Waals surface area contributed by atoms with Gasteiger partial charge in [-0.1, -0.05) is 68.2 Å². The summed E-state index contributed by atoms with van der Waals surface area (Å²) in [5, 5.41) is 30.0. The molecular weight excluding hydrogens is 388 g/mol. The summed E-state index contributed by atoms with van der Waals surface area (Å²) in [7, 11) is 0. The number of aromatic carboxylic acids is 1. The Morgan fingerprint density at radius 1 is 1.16 bits per heavy atom. The molecule has 170 valence electrons. The molecule has 31 heavy (non-hydrogen) atoms. The molecule has 1 aromatic rings. The number of benzene rings is 1. The molecule has 0 heterocycles. The third kappa shape index (κ3) is 6.54. The summed E-state index contributed by atoms with van der Waals surface area (Å²) in [4.78, 5) is 11.3. The van der Waals surface area contributed by atoms with Crippen LogP contribution in [-0.2, 0) is 6.42 Å². The highest BCUT2D eigenvalue weighted by Gasteiger charge is 2.43. The molecule has 0 aromatic heterocycles. The first-order chi connectivity index (χ1) is 15.0. The standard InChI is InChI=1S/C27H38O4/c1-2-3-4-12-22(28)14-15-24-25-17-19(16-21(25)18-26(24)29)9-5-6-10-20-11-7-8-13-23(20)27(30)31/h7-8,11,13-16,21-22,24-26,28-29H,2-6,9-10,12,17-18H2,1H3,(H,30,31)/b15-14+/t21-,22-,24-,25-,26+/m0/s1. The van der Waals surface area contributed by atoms with Crippen LogP contribution in [0.2, 0.25) is 0 Å². The first-order valence-electron chi connectivity index (χ1n) is 12.0. The largest absolute Gasteiger partial charge is 0.478 e. The molecule has 0 unspecified atom stereocenters. The summed E-state index contributed by atoms with van der Waals surface area (Å²) >= 11 is 0. The molecule has 0 amide bonds. The number of unbranched alkanes of at least 4 members (excludes halogenated alkanes) is 3. The fraction of sp³-hybridized carbons (Fsp3) is 0.593. The van der Waals surface area contributed by atoms with E-state index in [4.69, 9.17) is 0 Å². The van der Waals surface area contributed by atoms with Gasteiger partial charge in [0.1, 0.15) is 0 Å². The molecule has 0 bridgehead atoms. The van der Waals surface area contributed by atoms with Gasteiger partial charge in [0.15, 0.2) is 0 Å². The Morgan fingerprint density at radius 2 is 1.94 bits per heavy atom. The highest BCUT2D eigenvalue weighted by molar-refractivity contribution is 5.89. The van der Waals surface area contributed by atoms with Crippen LogP contribution in [-0.4, -0.2) is 33.5 Å². The minimum Gasteiger partial charge on any atom is -0.478 e. The van der Waals surface area contributed by atoms with Crippen molar-refractivity contribution in [3.63, 3.8) is 0 Å². The average Bonchev–Trinajstić information content (AvgIpc) is 3.26. The molecule has 1 aromatic carbocycles. The van der Waals surface area contributed by atoms with Gasteiger partial charge in [-0.25, -0.2) is 4.79 Å². The molecule has 3 N–H and O–H groups in total. The predicted molar refractivity (Wildman–Crippen MR) is 124 cm³/mol. The van der Waals surface area contributed by atoms with Gasteiger partial charge in [0.2, 0.25) is 0 Å². The molecule has 2 aliphatic rings. The van der Waals surface area contributed by atoms with Crippen LogP contribution >= 0.6 is 0 Å². The van der Waals surface area contributed by atoms with E-state index in [0.29, 0.717) is 17.4 Å². The normalized spacial score (nSPS) is 26.2. The quantitative estimate of drug-likeness (QED) is 0.303. The number of fused-ring (bicyclic) bond motifs is 1. The van der Waals surface area contributed by atoms with Crippen LogP contribution in [0, 0.1) is 17.8 Å². The minimum atomic E-state index is -0.852. The zero-order chi connectivity index (χ0) is 22.2. The summed E-state index contributed by atoms with van der Waals surface area (Å²) in [6.07, 6.45) is 15.5. The number of carboxylic acid groups (broad SMARTS) is 1. The Bertz CT molecular complexity index is 781. The Kier molecular flexibility index (Phi) is 8.91. The van der Waals surface area contributed by atoms with Crippen molar-refractivity contribution >= 4 is 5.97 Å². The van der Waals surface area contributed by atoms with Crippen LogP contribution in [0.5, 0.6) is 0 Å². The SMILES string of the molecule is CCCCC[C@H](O)/C=C/[C@H]1[C@H]2CC(CCCCc3ccccc3C(=O)O)=C[C@H]2C[C@H]1O. The van der Waals surface area contributed by atoms with Gasteiger partial charge in [0, 0.05) is 5.92 Å². The number of hydrogen-bond donors (Lipinski definition) is 3. The summed E-state index contributed by atoms with van der Waals surface area (Å²) in [5.74, 6) is 0.193. The molecule has 4 heteroatoms. The average molecular weight is 427 g/mol. The van der Waals surface area contributed by atoms with Crippen molar-refractivity contribution in [1.29, 1.82) is 0 Å². The lowest BCUT2D eigenvalue weighted by atomic mass is 9.88. The van der Waals surface area contributed by atoms with E-state index in [2.05, 4.69) is 19.1 Å². The number of aliphatic hydroxyl groups excluding tert-OH is 2. The van der Waals surface area contributed by atoms with Gasteiger partial charge >= 0.3 is 5.97 Å². The molecule has 5 atom stereocenters. The zero-order valence-corrected chi connectivity index (χ0v) is 18.7. The molecule has 1 fully saturated rings. The first-order valence-corrected chi connectivity index (χ1v) is 12.0. The smallest absolute Gasteiger partial charge is 0.335 e. The molecule has 0 saturated heterocycles. The topological polar surface area (TPSA) is 77.8 Å². The number of hydrogen-bond acceptors (Lipinski definition) is 3. The fourth-order valence-corrected chi connectivity index (χ4v) is 5.36. The van der Waals surface area contributed by atoms with Crippen molar-refractivity contribution in [2.75, 3.05) is 0 Å². The van der Waals surface area contributed by atoms with Crippen molar-refractivity contribution in [2.45, 2.75) is 83.3 Å². The predicted octanol–water partition coefficient (Wildman–Crippen LogP) is 5.54. The lowest BCUT2D eigenvalue weighted by Gasteiger charge is -2.19. The van der Waals surface area contributed by atoms with Gasteiger partial charge < -0.3 is 15.3 Å². The fourth-order valence-electron chi connectivity index (χ4n) is 5.36. The van der Waals surface area contributed by atoms with E-state index < -0.39 is 12.1 Å². The summed E-state index contributed by atoms with van der Waals surface area (Å²) in [6.45, 7) is 2.16. The second kappa shape index (κ2) is 11.6.